The number of nitrogens with zero attached hydrogens (tertiary/aromatic N) is 1. The van der Waals surface area contributed by atoms with Gasteiger partial charge in [0.05, 0.1) is 12.2 Å². The molecule has 0 saturated carbocycles. The third-order valence-corrected chi connectivity index (χ3v) is 6.10. The third-order valence-electron chi connectivity index (χ3n) is 3.52. The molecule has 1 aromatic rings. The van der Waals surface area contributed by atoms with Crippen LogP contribution in [-0.2, 0) is 21.1 Å². The molecule has 0 aliphatic heterocycles. The molecule has 0 spiro atoms. The lowest BCUT2D eigenvalue weighted by molar-refractivity contribution is -0.131. The Morgan fingerprint density at radius 2 is 1.77 bits per heavy atom. The molecule has 0 radical (unpaired) electrons. The minimum Gasteiger partial charge on any atom is -0.339 e. The Bertz CT molecular complexity index is 611. The fourth-order valence-corrected chi connectivity index (χ4v) is 3.94. The Morgan fingerprint density at radius 1 is 1.23 bits per heavy atom. The van der Waals surface area contributed by atoms with Crippen LogP contribution in [0.15, 0.2) is 18.2 Å². The molecule has 1 rings (SSSR count). The van der Waals surface area contributed by atoms with Crippen molar-refractivity contribution in [2.45, 2.75) is 33.2 Å². The van der Waals surface area contributed by atoms with Crippen molar-refractivity contribution in [1.29, 1.82) is 0 Å². The lowest BCUT2D eigenvalue weighted by Gasteiger charge is -2.28. The van der Waals surface area contributed by atoms with Gasteiger partial charge in [0.2, 0.25) is 5.91 Å². The van der Waals surface area contributed by atoms with Gasteiger partial charge in [-0.2, -0.15) is 0 Å². The number of carbonyl (C=O) groups excluding carboxylic acids is 1. The summed E-state index contributed by atoms with van der Waals surface area (Å²) in [5.74, 6) is -0.157. The zero-order valence-electron chi connectivity index (χ0n) is 13.0. The van der Waals surface area contributed by atoms with Crippen molar-refractivity contribution in [2.24, 2.45) is 0 Å². The minimum absolute atomic E-state index is 0.0423. The molecule has 1 atom stereocenters. The highest BCUT2D eigenvalue weighted by Gasteiger charge is 2.24. The van der Waals surface area contributed by atoms with Crippen LogP contribution in [0.5, 0.6) is 0 Å². The van der Waals surface area contributed by atoms with E-state index in [0.717, 1.165) is 0 Å². The number of rotatable bonds is 7. The molecule has 0 heterocycles. The number of sulfone groups is 1. The Kier molecular flexibility index (Phi) is 7.16. The van der Waals surface area contributed by atoms with Gasteiger partial charge < -0.3 is 4.90 Å². The Morgan fingerprint density at radius 3 is 2.23 bits per heavy atom. The number of halogens is 2. The van der Waals surface area contributed by atoms with Crippen LogP contribution < -0.4 is 0 Å². The number of hydrogen-bond donors (Lipinski definition) is 0. The smallest absolute Gasteiger partial charge is 0.227 e. The van der Waals surface area contributed by atoms with Crippen LogP contribution in [0.3, 0.4) is 0 Å². The second-order valence-corrected chi connectivity index (χ2v) is 8.32. The summed E-state index contributed by atoms with van der Waals surface area (Å²) in [6, 6.07) is 4.69. The molecule has 0 saturated heterocycles. The second-order valence-electron chi connectivity index (χ2n) is 5.10. The van der Waals surface area contributed by atoms with Crippen molar-refractivity contribution in [2.75, 3.05) is 18.1 Å². The summed E-state index contributed by atoms with van der Waals surface area (Å²) in [5, 5.41) is 0.872. The van der Waals surface area contributed by atoms with Crippen LogP contribution in [0.4, 0.5) is 0 Å². The van der Waals surface area contributed by atoms with E-state index in [1.54, 1.807) is 36.9 Å². The topological polar surface area (TPSA) is 54.5 Å². The van der Waals surface area contributed by atoms with Gasteiger partial charge in [0.15, 0.2) is 9.84 Å². The number of carbonyl (C=O) groups is 1. The first-order valence-corrected chi connectivity index (χ1v) is 9.72. The zero-order chi connectivity index (χ0) is 16.9. The first-order chi connectivity index (χ1) is 10.2. The van der Waals surface area contributed by atoms with Gasteiger partial charge in [0, 0.05) is 28.4 Å². The average molecular weight is 366 g/mol. The predicted octanol–water partition coefficient (Wildman–Crippen LogP) is 3.21. The lowest BCUT2D eigenvalue weighted by atomic mass is 10.1. The molecule has 0 aromatic heterocycles. The van der Waals surface area contributed by atoms with E-state index in [-0.39, 0.29) is 29.9 Å². The highest BCUT2D eigenvalue weighted by molar-refractivity contribution is 7.91. The fraction of sp³-hybridized carbons (Fsp3) is 0.533. The zero-order valence-corrected chi connectivity index (χ0v) is 15.3. The average Bonchev–Trinajstić information content (AvgIpc) is 2.43. The van der Waals surface area contributed by atoms with E-state index in [1.165, 1.54) is 0 Å². The van der Waals surface area contributed by atoms with Crippen LogP contribution >= 0.6 is 23.2 Å². The minimum atomic E-state index is -3.14. The molecule has 22 heavy (non-hydrogen) atoms. The van der Waals surface area contributed by atoms with Crippen molar-refractivity contribution in [1.82, 2.24) is 4.90 Å². The summed E-state index contributed by atoms with van der Waals surface area (Å²) in [7, 11) is -3.14. The van der Waals surface area contributed by atoms with Crippen molar-refractivity contribution in [3.05, 3.63) is 33.8 Å². The van der Waals surface area contributed by atoms with E-state index >= 15 is 0 Å². The van der Waals surface area contributed by atoms with Crippen LogP contribution in [0.2, 0.25) is 10.0 Å². The summed E-state index contributed by atoms with van der Waals surface area (Å²) < 4.78 is 23.5. The molecule has 1 amide bonds. The van der Waals surface area contributed by atoms with E-state index < -0.39 is 9.84 Å². The first kappa shape index (κ1) is 19.3. The standard InChI is InChI=1S/C15H21Cl2NO3S/c1-4-18(11(3)10-22(20,21)5-2)15(19)9-12-13(16)7-6-8-14(12)17/h6-8,11H,4-5,9-10H2,1-3H3/t11-/m0/s1. The predicted molar refractivity (Wildman–Crippen MR) is 91.3 cm³/mol. The normalized spacial score (nSPS) is 13.0. The van der Waals surface area contributed by atoms with Crippen molar-refractivity contribution < 1.29 is 13.2 Å². The fourth-order valence-electron chi connectivity index (χ4n) is 2.26. The summed E-state index contributed by atoms with van der Waals surface area (Å²) in [5.41, 5.74) is 0.569. The number of hydrogen-bond acceptors (Lipinski definition) is 3. The Balaban J connectivity index is 2.89. The van der Waals surface area contributed by atoms with Gasteiger partial charge in [-0.1, -0.05) is 36.2 Å². The van der Waals surface area contributed by atoms with Gasteiger partial charge in [-0.15, -0.1) is 0 Å². The maximum atomic E-state index is 12.5. The first-order valence-electron chi connectivity index (χ1n) is 7.14. The Hall–Kier alpha value is -0.780. The molecule has 0 aliphatic carbocycles. The van der Waals surface area contributed by atoms with E-state index in [9.17, 15) is 13.2 Å². The van der Waals surface area contributed by atoms with Gasteiger partial charge in [0.25, 0.3) is 0 Å². The monoisotopic (exact) mass is 365 g/mol. The number of likely N-dealkylation sites (N-methyl/N-ethyl adjacent to an activating group) is 1. The molecule has 7 heteroatoms. The maximum absolute atomic E-state index is 12.5. The van der Waals surface area contributed by atoms with Gasteiger partial charge in [0.1, 0.15) is 0 Å². The molecule has 0 bridgehead atoms. The van der Waals surface area contributed by atoms with Crippen molar-refractivity contribution >= 4 is 38.9 Å². The molecular weight excluding hydrogens is 345 g/mol. The van der Waals surface area contributed by atoms with E-state index in [0.29, 0.717) is 22.2 Å². The van der Waals surface area contributed by atoms with Crippen LogP contribution in [0.1, 0.15) is 26.3 Å². The highest BCUT2D eigenvalue weighted by Crippen LogP contribution is 2.25. The molecule has 0 N–H and O–H groups in total. The highest BCUT2D eigenvalue weighted by atomic mass is 35.5. The van der Waals surface area contributed by atoms with Crippen LogP contribution in [0, 0.1) is 0 Å². The van der Waals surface area contributed by atoms with Gasteiger partial charge in [-0.25, -0.2) is 8.42 Å². The number of benzene rings is 1. The molecular formula is C15H21Cl2NO3S. The molecule has 0 unspecified atom stereocenters. The van der Waals surface area contributed by atoms with Gasteiger partial charge in [-0.3, -0.25) is 4.79 Å². The summed E-state index contributed by atoms with van der Waals surface area (Å²) in [6.07, 6.45) is 0.0584. The molecule has 4 nitrogen and oxygen atoms in total. The van der Waals surface area contributed by atoms with Crippen molar-refractivity contribution in [3.8, 4) is 0 Å². The Labute approximate surface area is 142 Å². The van der Waals surface area contributed by atoms with Crippen LogP contribution in [-0.4, -0.2) is 43.3 Å². The number of amides is 1. The summed E-state index contributed by atoms with van der Waals surface area (Å²) in [6.45, 7) is 5.59. The molecule has 1 aromatic carbocycles. The molecule has 124 valence electrons. The summed E-state index contributed by atoms with van der Waals surface area (Å²) >= 11 is 12.2. The van der Waals surface area contributed by atoms with Gasteiger partial charge >= 0.3 is 0 Å². The maximum Gasteiger partial charge on any atom is 0.227 e. The van der Waals surface area contributed by atoms with Gasteiger partial charge in [-0.05, 0) is 31.5 Å². The van der Waals surface area contributed by atoms with E-state index in [2.05, 4.69) is 0 Å². The third kappa shape index (κ3) is 5.14. The summed E-state index contributed by atoms with van der Waals surface area (Å²) in [4.78, 5) is 14.0. The lowest BCUT2D eigenvalue weighted by Crippen LogP contribution is -2.43. The van der Waals surface area contributed by atoms with Crippen LogP contribution in [0.25, 0.3) is 0 Å². The van der Waals surface area contributed by atoms with E-state index in [4.69, 9.17) is 23.2 Å². The molecule has 0 aliphatic rings. The molecule has 0 fully saturated rings. The largest absolute Gasteiger partial charge is 0.339 e. The van der Waals surface area contributed by atoms with Crippen molar-refractivity contribution in [3.63, 3.8) is 0 Å². The quantitative estimate of drug-likeness (QED) is 0.745. The van der Waals surface area contributed by atoms with E-state index in [1.807, 2.05) is 6.92 Å². The second kappa shape index (κ2) is 8.18. The SMILES string of the molecule is CCN(C(=O)Cc1c(Cl)cccc1Cl)[C@@H](C)CS(=O)(=O)CC.